The molecule has 3 heterocycles. The van der Waals surface area contributed by atoms with E-state index in [9.17, 15) is 4.79 Å². The second kappa shape index (κ2) is 7.26. The van der Waals surface area contributed by atoms with Crippen molar-refractivity contribution in [2.24, 2.45) is 0 Å². The molecule has 1 aliphatic rings. The van der Waals surface area contributed by atoms with Crippen LogP contribution >= 0.6 is 0 Å². The summed E-state index contributed by atoms with van der Waals surface area (Å²) in [6, 6.07) is 9.47. The summed E-state index contributed by atoms with van der Waals surface area (Å²) in [6.45, 7) is 2.61. The number of aromatic nitrogens is 3. The Balaban J connectivity index is 1.58. The van der Waals surface area contributed by atoms with Gasteiger partial charge in [-0.1, -0.05) is 23.4 Å². The molecule has 1 atom stereocenters. The smallest absolute Gasteiger partial charge is 0.227 e. The number of amides is 1. The van der Waals surface area contributed by atoms with Crippen LogP contribution in [0, 0.1) is 6.92 Å². The highest BCUT2D eigenvalue weighted by Crippen LogP contribution is 2.37. The molecule has 0 aliphatic carbocycles. The maximum absolute atomic E-state index is 13.0. The normalized spacial score (nSPS) is 16.7. The number of benzene rings is 1. The molecule has 1 aliphatic heterocycles. The summed E-state index contributed by atoms with van der Waals surface area (Å²) in [5.41, 5.74) is 3.47. The van der Waals surface area contributed by atoms with E-state index in [-0.39, 0.29) is 11.9 Å². The molecule has 1 amide bonds. The summed E-state index contributed by atoms with van der Waals surface area (Å²) in [6.07, 6.45) is 3.89. The lowest BCUT2D eigenvalue weighted by molar-refractivity contribution is -0.131. The van der Waals surface area contributed by atoms with E-state index in [4.69, 9.17) is 9.26 Å². The Hall–Kier alpha value is -3.09. The van der Waals surface area contributed by atoms with Crippen LogP contribution in [0.3, 0.4) is 0 Å². The van der Waals surface area contributed by atoms with Crippen LogP contribution in [0.25, 0.3) is 11.3 Å². The molecule has 140 valence electrons. The Morgan fingerprint density at radius 1 is 1.41 bits per heavy atom. The topological polar surface area (TPSA) is 84.2 Å². The average molecular weight is 366 g/mol. The number of methoxy groups -OCH3 is 1. The molecule has 1 N–H and O–H groups in total. The van der Waals surface area contributed by atoms with Crippen LogP contribution < -0.4 is 4.74 Å². The summed E-state index contributed by atoms with van der Waals surface area (Å²) in [5.74, 6) is 1.48. The summed E-state index contributed by atoms with van der Waals surface area (Å²) >= 11 is 0. The molecule has 27 heavy (non-hydrogen) atoms. The molecule has 4 rings (SSSR count). The lowest BCUT2D eigenvalue weighted by Gasteiger charge is -2.25. The van der Waals surface area contributed by atoms with Crippen molar-refractivity contribution in [2.45, 2.75) is 32.2 Å². The zero-order valence-electron chi connectivity index (χ0n) is 15.4. The molecule has 0 spiro atoms. The van der Waals surface area contributed by atoms with Gasteiger partial charge in [-0.15, -0.1) is 0 Å². The first kappa shape index (κ1) is 17.3. The molecule has 0 saturated carbocycles. The van der Waals surface area contributed by atoms with Crippen molar-refractivity contribution >= 4 is 5.91 Å². The van der Waals surface area contributed by atoms with Crippen LogP contribution in [0.1, 0.15) is 35.8 Å². The summed E-state index contributed by atoms with van der Waals surface area (Å²) in [7, 11) is 1.62. The quantitative estimate of drug-likeness (QED) is 0.749. The lowest BCUT2D eigenvalue weighted by atomic mass is 10.0. The molecule has 0 bridgehead atoms. The van der Waals surface area contributed by atoms with Crippen molar-refractivity contribution in [1.82, 2.24) is 20.3 Å². The van der Waals surface area contributed by atoms with Gasteiger partial charge in [-0.25, -0.2) is 0 Å². The fraction of sp³-hybridized carbons (Fsp3) is 0.350. The van der Waals surface area contributed by atoms with Gasteiger partial charge in [-0.2, -0.15) is 5.10 Å². The monoisotopic (exact) mass is 366 g/mol. The van der Waals surface area contributed by atoms with E-state index in [0.29, 0.717) is 12.2 Å². The molecule has 1 fully saturated rings. The first-order chi connectivity index (χ1) is 13.2. The second-order valence-electron chi connectivity index (χ2n) is 6.76. The minimum absolute atomic E-state index is 0.0462. The standard InChI is InChI=1S/C20H22N4O3/c1-13-10-18(27-23-13)15-12-21-22-20(15)16-7-5-9-24(16)19(25)11-14-6-3-4-8-17(14)26-2/h3-4,6,8,10,12,16H,5,7,9,11H2,1-2H3,(H,21,22)/t16-/m1/s1. The minimum Gasteiger partial charge on any atom is -0.496 e. The second-order valence-corrected chi connectivity index (χ2v) is 6.76. The largest absolute Gasteiger partial charge is 0.496 e. The number of hydrogen-bond donors (Lipinski definition) is 1. The molecule has 1 aromatic carbocycles. The Bertz CT molecular complexity index is 946. The number of carbonyl (C=O) groups excluding carboxylic acids is 1. The van der Waals surface area contributed by atoms with E-state index in [0.717, 1.165) is 47.7 Å². The number of likely N-dealkylation sites (tertiary alicyclic amines) is 1. The van der Waals surface area contributed by atoms with Gasteiger partial charge in [-0.05, 0) is 25.8 Å². The Labute approximate surface area is 157 Å². The number of rotatable bonds is 5. The molecule has 1 saturated heterocycles. The van der Waals surface area contributed by atoms with E-state index in [1.54, 1.807) is 13.3 Å². The highest BCUT2D eigenvalue weighted by molar-refractivity contribution is 5.80. The highest BCUT2D eigenvalue weighted by Gasteiger charge is 2.33. The zero-order chi connectivity index (χ0) is 18.8. The number of ether oxygens (including phenoxy) is 1. The third kappa shape index (κ3) is 3.32. The van der Waals surface area contributed by atoms with Crippen molar-refractivity contribution in [3.63, 3.8) is 0 Å². The third-order valence-corrected chi connectivity index (χ3v) is 5.00. The van der Waals surface area contributed by atoms with Crippen LogP contribution in [0.5, 0.6) is 5.75 Å². The zero-order valence-corrected chi connectivity index (χ0v) is 15.4. The number of hydrogen-bond acceptors (Lipinski definition) is 5. The number of aromatic amines is 1. The van der Waals surface area contributed by atoms with Crippen LogP contribution in [0.2, 0.25) is 0 Å². The summed E-state index contributed by atoms with van der Waals surface area (Å²) in [4.78, 5) is 15.0. The molecular weight excluding hydrogens is 344 g/mol. The predicted octanol–water partition coefficient (Wildman–Crippen LogP) is 3.29. The first-order valence-electron chi connectivity index (χ1n) is 9.05. The Morgan fingerprint density at radius 2 is 2.26 bits per heavy atom. The molecular formula is C20H22N4O3. The maximum Gasteiger partial charge on any atom is 0.227 e. The number of H-pyrrole nitrogens is 1. The molecule has 7 nitrogen and oxygen atoms in total. The average Bonchev–Trinajstić information content (AvgIpc) is 3.41. The van der Waals surface area contributed by atoms with E-state index in [2.05, 4.69) is 15.4 Å². The fourth-order valence-corrected chi connectivity index (χ4v) is 3.72. The Morgan fingerprint density at radius 3 is 3.04 bits per heavy atom. The predicted molar refractivity (Wildman–Crippen MR) is 99.2 cm³/mol. The van der Waals surface area contributed by atoms with Gasteiger partial charge in [-0.3, -0.25) is 9.89 Å². The van der Waals surface area contributed by atoms with Gasteiger partial charge in [0.1, 0.15) is 5.75 Å². The number of nitrogens with zero attached hydrogens (tertiary/aromatic N) is 3. The van der Waals surface area contributed by atoms with E-state index >= 15 is 0 Å². The van der Waals surface area contributed by atoms with Crippen molar-refractivity contribution in [3.05, 3.63) is 53.5 Å². The molecule has 2 aromatic heterocycles. The van der Waals surface area contributed by atoms with Crippen LogP contribution in [-0.4, -0.2) is 39.8 Å². The van der Waals surface area contributed by atoms with Gasteiger partial charge in [0, 0.05) is 18.2 Å². The number of aryl methyl sites for hydroxylation is 1. The molecule has 0 unspecified atom stereocenters. The van der Waals surface area contributed by atoms with Gasteiger partial charge in [0.15, 0.2) is 5.76 Å². The van der Waals surface area contributed by atoms with E-state index in [1.807, 2.05) is 42.2 Å². The molecule has 0 radical (unpaired) electrons. The van der Waals surface area contributed by atoms with Gasteiger partial charge in [0.25, 0.3) is 0 Å². The molecule has 7 heteroatoms. The Kier molecular flexibility index (Phi) is 4.66. The third-order valence-electron chi connectivity index (χ3n) is 5.00. The van der Waals surface area contributed by atoms with E-state index in [1.165, 1.54) is 0 Å². The SMILES string of the molecule is COc1ccccc1CC(=O)N1CCC[C@@H]1c1[nH]ncc1-c1cc(C)no1. The lowest BCUT2D eigenvalue weighted by Crippen LogP contribution is -2.32. The minimum atomic E-state index is -0.0462. The van der Waals surface area contributed by atoms with Crippen molar-refractivity contribution in [1.29, 1.82) is 0 Å². The van der Waals surface area contributed by atoms with Gasteiger partial charge in [0.05, 0.1) is 42.7 Å². The van der Waals surface area contributed by atoms with Crippen LogP contribution in [0.15, 0.2) is 41.1 Å². The van der Waals surface area contributed by atoms with Gasteiger partial charge >= 0.3 is 0 Å². The van der Waals surface area contributed by atoms with Gasteiger partial charge in [0.2, 0.25) is 5.91 Å². The first-order valence-corrected chi connectivity index (χ1v) is 9.05. The van der Waals surface area contributed by atoms with Crippen molar-refractivity contribution < 1.29 is 14.1 Å². The van der Waals surface area contributed by atoms with Crippen molar-refractivity contribution in [3.8, 4) is 17.1 Å². The van der Waals surface area contributed by atoms with Crippen LogP contribution in [0.4, 0.5) is 0 Å². The maximum atomic E-state index is 13.0. The summed E-state index contributed by atoms with van der Waals surface area (Å²) < 4.78 is 10.8. The highest BCUT2D eigenvalue weighted by atomic mass is 16.5. The number of para-hydroxylation sites is 1. The number of carbonyl (C=O) groups is 1. The number of nitrogens with one attached hydrogen (secondary N) is 1. The van der Waals surface area contributed by atoms with Crippen LogP contribution in [-0.2, 0) is 11.2 Å². The summed E-state index contributed by atoms with van der Waals surface area (Å²) in [5, 5.41) is 11.2. The van der Waals surface area contributed by atoms with Crippen molar-refractivity contribution in [2.75, 3.05) is 13.7 Å². The van der Waals surface area contributed by atoms with E-state index < -0.39 is 0 Å². The molecule has 3 aromatic rings. The van der Waals surface area contributed by atoms with Gasteiger partial charge < -0.3 is 14.2 Å². The fourth-order valence-electron chi connectivity index (χ4n) is 3.72.